The van der Waals surface area contributed by atoms with Gasteiger partial charge in [0.15, 0.2) is 10.9 Å². The molecule has 10 heteroatoms. The zero-order valence-corrected chi connectivity index (χ0v) is 18.6. The lowest BCUT2D eigenvalue weighted by Crippen LogP contribution is -2.53. The van der Waals surface area contributed by atoms with Crippen LogP contribution in [0.5, 0.6) is 0 Å². The van der Waals surface area contributed by atoms with Gasteiger partial charge in [0.25, 0.3) is 5.91 Å². The highest BCUT2D eigenvalue weighted by atomic mass is 32.1. The van der Waals surface area contributed by atoms with E-state index in [-0.39, 0.29) is 17.9 Å². The summed E-state index contributed by atoms with van der Waals surface area (Å²) in [7, 11) is 0. The van der Waals surface area contributed by atoms with E-state index in [0.29, 0.717) is 64.7 Å². The molecule has 3 aliphatic rings. The highest BCUT2D eigenvalue weighted by Gasteiger charge is 2.41. The second kappa shape index (κ2) is 9.17. The summed E-state index contributed by atoms with van der Waals surface area (Å²) in [6.07, 6.45) is 1.48. The van der Waals surface area contributed by atoms with Crippen molar-refractivity contribution in [3.8, 4) is 0 Å². The second-order valence-electron chi connectivity index (χ2n) is 8.39. The van der Waals surface area contributed by atoms with Crippen LogP contribution in [-0.4, -0.2) is 102 Å². The van der Waals surface area contributed by atoms with E-state index < -0.39 is 5.79 Å². The van der Waals surface area contributed by atoms with Crippen molar-refractivity contribution in [1.82, 2.24) is 19.7 Å². The Labute approximate surface area is 181 Å². The number of hydrogen-bond acceptors (Lipinski definition) is 8. The molecule has 4 heterocycles. The van der Waals surface area contributed by atoms with Crippen LogP contribution in [0.4, 0.5) is 5.13 Å². The number of likely N-dealkylation sites (tertiary alicyclic amines) is 1. The number of anilines is 1. The molecule has 0 atom stereocenters. The lowest BCUT2D eigenvalue weighted by Gasteiger charge is -2.39. The summed E-state index contributed by atoms with van der Waals surface area (Å²) in [4.78, 5) is 35.7. The quantitative estimate of drug-likeness (QED) is 0.738. The molecule has 1 aromatic heterocycles. The molecule has 30 heavy (non-hydrogen) atoms. The van der Waals surface area contributed by atoms with Gasteiger partial charge in [0, 0.05) is 63.5 Å². The number of aromatic nitrogens is 1. The summed E-state index contributed by atoms with van der Waals surface area (Å²) in [5.41, 5.74) is 0.492. The molecule has 166 valence electrons. The highest BCUT2D eigenvalue weighted by molar-refractivity contribution is 7.13. The predicted molar refractivity (Wildman–Crippen MR) is 114 cm³/mol. The van der Waals surface area contributed by atoms with Gasteiger partial charge < -0.3 is 24.6 Å². The number of nitrogens with zero attached hydrogens (tertiary/aromatic N) is 4. The van der Waals surface area contributed by atoms with Crippen molar-refractivity contribution in [3.63, 3.8) is 0 Å². The van der Waals surface area contributed by atoms with Crippen LogP contribution in [0.3, 0.4) is 0 Å². The molecule has 4 rings (SSSR count). The number of ether oxygens (including phenoxy) is 2. The van der Waals surface area contributed by atoms with Gasteiger partial charge >= 0.3 is 0 Å². The number of carbonyl (C=O) groups is 2. The predicted octanol–water partition coefficient (Wildman–Crippen LogP) is 1.09. The van der Waals surface area contributed by atoms with Crippen molar-refractivity contribution in [3.05, 3.63) is 11.1 Å². The molecule has 9 nitrogen and oxygen atoms in total. The lowest BCUT2D eigenvalue weighted by atomic mass is 10.0. The lowest BCUT2D eigenvalue weighted by molar-refractivity contribution is -0.187. The van der Waals surface area contributed by atoms with Crippen molar-refractivity contribution >= 4 is 28.3 Å². The number of hydrogen-bond donors (Lipinski definition) is 1. The van der Waals surface area contributed by atoms with Crippen LogP contribution >= 0.6 is 11.3 Å². The molecule has 1 spiro atoms. The second-order valence-corrected chi connectivity index (χ2v) is 9.25. The van der Waals surface area contributed by atoms with E-state index in [4.69, 9.17) is 9.47 Å². The Morgan fingerprint density at radius 3 is 2.40 bits per heavy atom. The molecule has 1 N–H and O–H groups in total. The molecule has 0 saturated carbocycles. The molecule has 0 aromatic carbocycles. The topological polar surface area (TPSA) is 87.2 Å². The summed E-state index contributed by atoms with van der Waals surface area (Å²) in [5, 5.41) is 5.81. The van der Waals surface area contributed by atoms with Gasteiger partial charge in [0.05, 0.1) is 19.8 Å². The number of amides is 2. The van der Waals surface area contributed by atoms with Gasteiger partial charge in [-0.05, 0) is 13.8 Å². The van der Waals surface area contributed by atoms with Crippen molar-refractivity contribution < 1.29 is 19.1 Å². The van der Waals surface area contributed by atoms with Crippen molar-refractivity contribution in [2.45, 2.75) is 38.5 Å². The maximum atomic E-state index is 12.7. The van der Waals surface area contributed by atoms with E-state index in [1.165, 1.54) is 11.3 Å². The number of piperazine rings is 1. The summed E-state index contributed by atoms with van der Waals surface area (Å²) < 4.78 is 11.5. The third-order valence-electron chi connectivity index (χ3n) is 5.85. The Morgan fingerprint density at radius 2 is 1.77 bits per heavy atom. The van der Waals surface area contributed by atoms with Crippen LogP contribution in [0.25, 0.3) is 0 Å². The first kappa shape index (κ1) is 21.5. The van der Waals surface area contributed by atoms with Crippen LogP contribution in [0.2, 0.25) is 0 Å². The first-order valence-electron chi connectivity index (χ1n) is 10.7. The van der Waals surface area contributed by atoms with Crippen molar-refractivity contribution in [1.29, 1.82) is 0 Å². The molecule has 0 aliphatic carbocycles. The fraction of sp³-hybridized carbons (Fsp3) is 0.750. The number of thiazole rings is 1. The van der Waals surface area contributed by atoms with Crippen LogP contribution in [0.15, 0.2) is 5.38 Å². The summed E-state index contributed by atoms with van der Waals surface area (Å²) in [6, 6.07) is 0.281. The average molecular weight is 438 g/mol. The zero-order chi connectivity index (χ0) is 21.1. The van der Waals surface area contributed by atoms with Crippen LogP contribution in [0.1, 0.15) is 37.2 Å². The Balaban J connectivity index is 1.21. The largest absolute Gasteiger partial charge is 0.359 e. The standard InChI is InChI=1S/C20H31N5O4S/c1-15(2)21-19-22-16(14-30-19)18(27)25-9-7-23(8-10-25)13-17(26)24-5-3-20(4-6-24)28-11-12-29-20/h14-15H,3-13H2,1-2H3,(H,21,22). The third kappa shape index (κ3) is 4.93. The molecule has 1 aromatic rings. The third-order valence-corrected chi connectivity index (χ3v) is 6.62. The van der Waals surface area contributed by atoms with Crippen LogP contribution in [-0.2, 0) is 14.3 Å². The van der Waals surface area contributed by atoms with Crippen molar-refractivity contribution in [2.24, 2.45) is 0 Å². The Morgan fingerprint density at radius 1 is 1.10 bits per heavy atom. The molecule has 3 fully saturated rings. The molecular formula is C20H31N5O4S. The SMILES string of the molecule is CC(C)Nc1nc(C(=O)N2CCN(CC(=O)N3CCC4(CC3)OCCO4)CC2)cs1. The Hall–Kier alpha value is -1.75. The summed E-state index contributed by atoms with van der Waals surface area (Å²) in [6.45, 7) is 9.75. The van der Waals surface area contributed by atoms with Gasteiger partial charge in [-0.3, -0.25) is 14.5 Å². The van der Waals surface area contributed by atoms with E-state index in [1.54, 1.807) is 0 Å². The number of carbonyl (C=O) groups excluding carboxylic acids is 2. The van der Waals surface area contributed by atoms with Gasteiger partial charge in [0.2, 0.25) is 5.91 Å². The monoisotopic (exact) mass is 437 g/mol. The smallest absolute Gasteiger partial charge is 0.273 e. The Kier molecular flexibility index (Phi) is 6.57. The van der Waals surface area contributed by atoms with Crippen LogP contribution in [0, 0.1) is 0 Å². The molecule has 3 saturated heterocycles. The van der Waals surface area contributed by atoms with Crippen molar-refractivity contribution in [2.75, 3.05) is 64.3 Å². The number of piperidine rings is 1. The molecular weight excluding hydrogens is 406 g/mol. The normalized spacial score (nSPS) is 22.1. The minimum Gasteiger partial charge on any atom is -0.359 e. The molecule has 0 radical (unpaired) electrons. The fourth-order valence-corrected chi connectivity index (χ4v) is 4.96. The van der Waals surface area contributed by atoms with E-state index in [0.717, 1.165) is 18.0 Å². The maximum Gasteiger partial charge on any atom is 0.273 e. The van der Waals surface area contributed by atoms with Gasteiger partial charge in [0.1, 0.15) is 5.69 Å². The van der Waals surface area contributed by atoms with Gasteiger partial charge in [-0.2, -0.15) is 0 Å². The van der Waals surface area contributed by atoms with E-state index in [2.05, 4.69) is 15.2 Å². The van der Waals surface area contributed by atoms with E-state index in [1.807, 2.05) is 29.0 Å². The minimum absolute atomic E-state index is 0.0353. The summed E-state index contributed by atoms with van der Waals surface area (Å²) in [5.74, 6) is -0.346. The first-order valence-corrected chi connectivity index (χ1v) is 11.6. The maximum absolute atomic E-state index is 12.7. The molecule has 0 bridgehead atoms. The Bertz CT molecular complexity index is 746. The van der Waals surface area contributed by atoms with Crippen LogP contribution < -0.4 is 5.32 Å². The van der Waals surface area contributed by atoms with Gasteiger partial charge in [-0.15, -0.1) is 11.3 Å². The fourth-order valence-electron chi connectivity index (χ4n) is 4.13. The van der Waals surface area contributed by atoms with Gasteiger partial charge in [-0.25, -0.2) is 4.98 Å². The van der Waals surface area contributed by atoms with E-state index in [9.17, 15) is 9.59 Å². The summed E-state index contributed by atoms with van der Waals surface area (Å²) >= 11 is 1.45. The first-order chi connectivity index (χ1) is 14.4. The zero-order valence-electron chi connectivity index (χ0n) is 17.8. The molecule has 0 unspecified atom stereocenters. The average Bonchev–Trinajstić information content (AvgIpc) is 3.38. The highest BCUT2D eigenvalue weighted by Crippen LogP contribution is 2.31. The molecule has 3 aliphatic heterocycles. The minimum atomic E-state index is -0.455. The number of nitrogens with one attached hydrogen (secondary N) is 1. The number of rotatable bonds is 5. The van der Waals surface area contributed by atoms with Gasteiger partial charge in [-0.1, -0.05) is 0 Å². The molecule has 2 amide bonds. The van der Waals surface area contributed by atoms with E-state index >= 15 is 0 Å².